The van der Waals surface area contributed by atoms with E-state index in [4.69, 9.17) is 4.74 Å². The van der Waals surface area contributed by atoms with Gasteiger partial charge in [0.25, 0.3) is 6.47 Å². The summed E-state index contributed by atoms with van der Waals surface area (Å²) in [5.41, 5.74) is 0.545. The zero-order valence-corrected chi connectivity index (χ0v) is 13.1. The van der Waals surface area contributed by atoms with Gasteiger partial charge in [0.2, 0.25) is 0 Å². The average molecular weight is 318 g/mol. The maximum Gasteiger partial charge on any atom is 0.293 e. The van der Waals surface area contributed by atoms with Crippen molar-refractivity contribution in [1.82, 2.24) is 0 Å². The lowest BCUT2D eigenvalue weighted by Crippen LogP contribution is -2.36. The largest absolute Gasteiger partial charge is 0.456 e. The summed E-state index contributed by atoms with van der Waals surface area (Å²) in [7, 11) is 0. The Morgan fingerprint density at radius 2 is 1.17 bits per heavy atom. The number of hydrogen-bond donors (Lipinski definition) is 1. The molecular formula is C21H18O3. The monoisotopic (exact) mass is 318 g/mol. The van der Waals surface area contributed by atoms with Crippen LogP contribution in [0.15, 0.2) is 91.0 Å². The van der Waals surface area contributed by atoms with Crippen LogP contribution in [0.2, 0.25) is 0 Å². The van der Waals surface area contributed by atoms with Crippen molar-refractivity contribution in [2.24, 2.45) is 0 Å². The number of hydrogen-bond acceptors (Lipinski definition) is 3. The standard InChI is InChI=1S/C21H18O3/c22-16-24-20(17-10-4-1-5-11-17)21(23,18-12-6-2-7-13-18)19-14-8-3-9-15-19/h1-16,20,23H. The summed E-state index contributed by atoms with van der Waals surface area (Å²) in [6, 6.07) is 27.8. The maximum absolute atomic E-state index is 11.7. The predicted molar refractivity (Wildman–Crippen MR) is 92.2 cm³/mol. The minimum atomic E-state index is -1.50. The summed E-state index contributed by atoms with van der Waals surface area (Å²) in [5, 5.41) is 11.7. The van der Waals surface area contributed by atoms with Crippen molar-refractivity contribution in [1.29, 1.82) is 0 Å². The van der Waals surface area contributed by atoms with Crippen molar-refractivity contribution in [2.45, 2.75) is 11.7 Å². The molecular weight excluding hydrogens is 300 g/mol. The Bertz CT molecular complexity index is 730. The average Bonchev–Trinajstić information content (AvgIpc) is 2.67. The number of rotatable bonds is 6. The number of carbonyl (C=O) groups is 1. The molecule has 0 amide bonds. The normalized spacial score (nSPS) is 12.4. The zero-order chi connectivity index (χ0) is 16.8. The van der Waals surface area contributed by atoms with Gasteiger partial charge in [0.1, 0.15) is 0 Å². The predicted octanol–water partition coefficient (Wildman–Crippen LogP) is 3.84. The topological polar surface area (TPSA) is 46.5 Å². The second kappa shape index (κ2) is 7.11. The van der Waals surface area contributed by atoms with Crippen LogP contribution in [-0.2, 0) is 15.1 Å². The molecule has 3 rings (SSSR count). The fraction of sp³-hybridized carbons (Fsp3) is 0.0952. The smallest absolute Gasteiger partial charge is 0.293 e. The molecule has 0 heterocycles. The molecule has 0 radical (unpaired) electrons. The molecule has 1 unspecified atom stereocenters. The van der Waals surface area contributed by atoms with Crippen molar-refractivity contribution in [3.8, 4) is 0 Å². The molecule has 3 aromatic carbocycles. The summed E-state index contributed by atoms with van der Waals surface area (Å²) in [5.74, 6) is 0. The van der Waals surface area contributed by atoms with E-state index in [1.54, 1.807) is 0 Å². The van der Waals surface area contributed by atoms with Crippen LogP contribution < -0.4 is 0 Å². The molecule has 24 heavy (non-hydrogen) atoms. The van der Waals surface area contributed by atoms with E-state index in [2.05, 4.69) is 0 Å². The Morgan fingerprint density at radius 3 is 1.58 bits per heavy atom. The highest BCUT2D eigenvalue weighted by atomic mass is 16.5. The van der Waals surface area contributed by atoms with Crippen LogP contribution in [0.5, 0.6) is 0 Å². The van der Waals surface area contributed by atoms with Crippen LogP contribution in [0.25, 0.3) is 0 Å². The van der Waals surface area contributed by atoms with Gasteiger partial charge in [0, 0.05) is 0 Å². The van der Waals surface area contributed by atoms with Gasteiger partial charge in [-0.2, -0.15) is 0 Å². The van der Waals surface area contributed by atoms with E-state index in [9.17, 15) is 9.90 Å². The van der Waals surface area contributed by atoms with Crippen LogP contribution in [0.4, 0.5) is 0 Å². The fourth-order valence-corrected chi connectivity index (χ4v) is 2.96. The second-order valence-corrected chi connectivity index (χ2v) is 5.52. The summed E-state index contributed by atoms with van der Waals surface area (Å²) in [6.45, 7) is 0.383. The van der Waals surface area contributed by atoms with Crippen LogP contribution in [-0.4, -0.2) is 11.6 Å². The van der Waals surface area contributed by atoms with Gasteiger partial charge in [-0.05, 0) is 16.7 Å². The van der Waals surface area contributed by atoms with Crippen LogP contribution in [0.3, 0.4) is 0 Å². The molecule has 0 aromatic heterocycles. The molecule has 0 saturated carbocycles. The molecule has 0 aliphatic rings. The van der Waals surface area contributed by atoms with Gasteiger partial charge < -0.3 is 9.84 Å². The van der Waals surface area contributed by atoms with Crippen molar-refractivity contribution >= 4 is 6.47 Å². The van der Waals surface area contributed by atoms with Gasteiger partial charge in [0.15, 0.2) is 11.7 Å². The first kappa shape index (κ1) is 16.0. The summed E-state index contributed by atoms with van der Waals surface area (Å²) in [4.78, 5) is 11.2. The Labute approximate surface area is 141 Å². The number of carbonyl (C=O) groups excluding carboxylic acids is 1. The molecule has 1 N–H and O–H groups in total. The van der Waals surface area contributed by atoms with Gasteiger partial charge in [0.05, 0.1) is 0 Å². The molecule has 0 saturated heterocycles. The van der Waals surface area contributed by atoms with E-state index in [0.29, 0.717) is 17.6 Å². The quantitative estimate of drug-likeness (QED) is 0.703. The molecule has 3 aromatic rings. The second-order valence-electron chi connectivity index (χ2n) is 5.52. The fourth-order valence-electron chi connectivity index (χ4n) is 2.96. The van der Waals surface area contributed by atoms with E-state index in [1.165, 1.54) is 0 Å². The van der Waals surface area contributed by atoms with E-state index < -0.39 is 11.7 Å². The van der Waals surface area contributed by atoms with Gasteiger partial charge in [-0.1, -0.05) is 91.0 Å². The molecule has 0 aliphatic carbocycles. The van der Waals surface area contributed by atoms with Crippen molar-refractivity contribution in [2.75, 3.05) is 0 Å². The molecule has 0 bridgehead atoms. The third-order valence-electron chi connectivity index (χ3n) is 4.10. The molecule has 0 fully saturated rings. The van der Waals surface area contributed by atoms with E-state index in [1.807, 2.05) is 91.0 Å². The summed E-state index contributed by atoms with van der Waals surface area (Å²) in [6.07, 6.45) is -0.860. The van der Waals surface area contributed by atoms with E-state index in [-0.39, 0.29) is 0 Å². The third-order valence-corrected chi connectivity index (χ3v) is 4.10. The third kappa shape index (κ3) is 2.94. The Hall–Kier alpha value is -2.91. The SMILES string of the molecule is O=COC(c1ccccc1)C(O)(c1ccccc1)c1ccccc1. The number of aliphatic hydroxyl groups is 1. The van der Waals surface area contributed by atoms with Gasteiger partial charge >= 0.3 is 0 Å². The molecule has 0 spiro atoms. The highest BCUT2D eigenvalue weighted by Gasteiger charge is 2.42. The minimum absolute atomic E-state index is 0.383. The van der Waals surface area contributed by atoms with Gasteiger partial charge in [-0.15, -0.1) is 0 Å². The lowest BCUT2D eigenvalue weighted by atomic mass is 9.79. The van der Waals surface area contributed by atoms with Gasteiger partial charge in [-0.3, -0.25) is 4.79 Å². The minimum Gasteiger partial charge on any atom is -0.456 e. The van der Waals surface area contributed by atoms with Gasteiger partial charge in [-0.25, -0.2) is 0 Å². The van der Waals surface area contributed by atoms with E-state index in [0.717, 1.165) is 5.56 Å². The molecule has 1 atom stereocenters. The lowest BCUT2D eigenvalue weighted by molar-refractivity contribution is -0.147. The molecule has 120 valence electrons. The molecule has 3 nitrogen and oxygen atoms in total. The Balaban J connectivity index is 2.21. The Kier molecular flexibility index (Phi) is 4.73. The number of ether oxygens (including phenoxy) is 1. The first-order valence-corrected chi connectivity index (χ1v) is 7.74. The first-order chi connectivity index (χ1) is 11.8. The van der Waals surface area contributed by atoms with Crippen LogP contribution in [0, 0.1) is 0 Å². The van der Waals surface area contributed by atoms with Crippen LogP contribution in [0.1, 0.15) is 22.8 Å². The Morgan fingerprint density at radius 1 is 0.750 bits per heavy atom. The van der Waals surface area contributed by atoms with E-state index >= 15 is 0 Å². The highest BCUT2D eigenvalue weighted by molar-refractivity contribution is 5.45. The van der Waals surface area contributed by atoms with Crippen LogP contribution >= 0.6 is 0 Å². The highest BCUT2D eigenvalue weighted by Crippen LogP contribution is 2.42. The molecule has 3 heteroatoms. The number of benzene rings is 3. The van der Waals surface area contributed by atoms with Crippen molar-refractivity contribution < 1.29 is 14.6 Å². The van der Waals surface area contributed by atoms with Crippen molar-refractivity contribution in [3.05, 3.63) is 108 Å². The lowest BCUT2D eigenvalue weighted by Gasteiger charge is -2.36. The zero-order valence-electron chi connectivity index (χ0n) is 13.1. The summed E-state index contributed by atoms with van der Waals surface area (Å²) < 4.78 is 5.37. The molecule has 0 aliphatic heterocycles. The summed E-state index contributed by atoms with van der Waals surface area (Å²) >= 11 is 0. The van der Waals surface area contributed by atoms with Crippen molar-refractivity contribution in [3.63, 3.8) is 0 Å². The first-order valence-electron chi connectivity index (χ1n) is 7.74. The maximum atomic E-state index is 11.7.